The van der Waals surface area contributed by atoms with E-state index in [9.17, 15) is 0 Å². The number of nitrogens with zero attached hydrogens (tertiary/aromatic N) is 1. The van der Waals surface area contributed by atoms with Crippen LogP contribution in [-0.4, -0.2) is 18.2 Å². The van der Waals surface area contributed by atoms with Crippen molar-refractivity contribution in [2.75, 3.05) is 18.1 Å². The summed E-state index contributed by atoms with van der Waals surface area (Å²) in [5, 5.41) is 10.6. The first-order valence-electron chi connectivity index (χ1n) is 3.75. The fourth-order valence-electron chi connectivity index (χ4n) is 0.940. The normalized spacial score (nSPS) is 9.83. The summed E-state index contributed by atoms with van der Waals surface area (Å²) in [6.07, 6.45) is 0. The molecule has 66 valence electrons. The van der Waals surface area contributed by atoms with Crippen molar-refractivity contribution in [1.82, 2.24) is 0 Å². The molecule has 0 aromatic heterocycles. The molecule has 1 aromatic carbocycles. The van der Waals surface area contributed by atoms with Crippen molar-refractivity contribution in [3.05, 3.63) is 24.3 Å². The van der Waals surface area contributed by atoms with Crippen LogP contribution in [0, 0.1) is 0 Å². The Hall–Kier alpha value is -1.26. The molecule has 0 saturated heterocycles. The molecule has 4 heteroatoms. The summed E-state index contributed by atoms with van der Waals surface area (Å²) in [7, 11) is 0. The Labute approximate surface area is 71.4 Å². The molecule has 0 radical (unpaired) electrons. The summed E-state index contributed by atoms with van der Waals surface area (Å²) in [4.78, 5) is 0. The zero-order valence-electron chi connectivity index (χ0n) is 6.77. The molecule has 5 N–H and O–H groups in total. The quantitative estimate of drug-likeness (QED) is 0.438. The molecule has 0 heterocycles. The molecular weight excluding hydrogens is 154 g/mol. The van der Waals surface area contributed by atoms with Crippen LogP contribution >= 0.6 is 0 Å². The van der Waals surface area contributed by atoms with E-state index in [1.165, 1.54) is 5.01 Å². The van der Waals surface area contributed by atoms with E-state index in [0.717, 1.165) is 5.69 Å². The minimum absolute atomic E-state index is 0.208. The smallest absolute Gasteiger partial charge is 0.117 e. The summed E-state index contributed by atoms with van der Waals surface area (Å²) in [6, 6.07) is 6.74. The lowest BCUT2D eigenvalue weighted by atomic mass is 10.3. The fraction of sp³-hybridized carbons (Fsp3) is 0.250. The molecule has 4 nitrogen and oxygen atoms in total. The highest BCUT2D eigenvalue weighted by molar-refractivity contribution is 5.48. The van der Waals surface area contributed by atoms with Crippen LogP contribution in [0.4, 0.5) is 5.69 Å². The molecule has 0 aliphatic carbocycles. The molecule has 0 unspecified atom stereocenters. The molecule has 0 spiro atoms. The maximum Gasteiger partial charge on any atom is 0.117 e. The molecule has 0 aliphatic rings. The topological polar surface area (TPSA) is 75.5 Å². The average molecular weight is 167 g/mol. The lowest BCUT2D eigenvalue weighted by Gasteiger charge is -2.17. The van der Waals surface area contributed by atoms with E-state index in [4.69, 9.17) is 16.7 Å². The highest BCUT2D eigenvalue weighted by atomic mass is 16.3. The second kappa shape index (κ2) is 3.94. The van der Waals surface area contributed by atoms with E-state index in [-0.39, 0.29) is 5.75 Å². The molecule has 12 heavy (non-hydrogen) atoms. The Bertz CT molecular complexity index is 252. The predicted molar refractivity (Wildman–Crippen MR) is 48.7 cm³/mol. The summed E-state index contributed by atoms with van der Waals surface area (Å²) in [6.45, 7) is 1.07. The van der Waals surface area contributed by atoms with Crippen LogP contribution < -0.4 is 16.6 Å². The van der Waals surface area contributed by atoms with Crippen molar-refractivity contribution >= 4 is 5.69 Å². The Morgan fingerprint density at radius 2 is 2.17 bits per heavy atom. The van der Waals surface area contributed by atoms with Gasteiger partial charge in [0.15, 0.2) is 0 Å². The Kier molecular flexibility index (Phi) is 2.90. The fourth-order valence-corrected chi connectivity index (χ4v) is 0.940. The minimum Gasteiger partial charge on any atom is -0.508 e. The van der Waals surface area contributed by atoms with Gasteiger partial charge in [-0.3, -0.25) is 0 Å². The zero-order valence-corrected chi connectivity index (χ0v) is 6.77. The largest absolute Gasteiger partial charge is 0.508 e. The number of nitrogens with two attached hydrogens (primary N) is 2. The number of hydrogen-bond acceptors (Lipinski definition) is 4. The molecule has 0 aliphatic heterocycles. The third kappa shape index (κ3) is 2.11. The standard InChI is InChI=1S/C8H13N3O/c9-4-5-11(10)7-2-1-3-8(12)6-7/h1-3,6,12H,4-5,9-10H2. The third-order valence-electron chi connectivity index (χ3n) is 1.53. The van der Waals surface area contributed by atoms with Gasteiger partial charge in [-0.05, 0) is 12.1 Å². The van der Waals surface area contributed by atoms with Gasteiger partial charge in [-0.2, -0.15) is 0 Å². The third-order valence-corrected chi connectivity index (χ3v) is 1.53. The summed E-state index contributed by atoms with van der Waals surface area (Å²) >= 11 is 0. The van der Waals surface area contributed by atoms with Crippen molar-refractivity contribution in [2.45, 2.75) is 0 Å². The highest BCUT2D eigenvalue weighted by Crippen LogP contribution is 2.16. The number of phenols is 1. The molecule has 1 aromatic rings. The lowest BCUT2D eigenvalue weighted by Crippen LogP contribution is -2.35. The van der Waals surface area contributed by atoms with Crippen LogP contribution in [0.3, 0.4) is 0 Å². The van der Waals surface area contributed by atoms with Crippen molar-refractivity contribution in [3.63, 3.8) is 0 Å². The maximum atomic E-state index is 9.12. The average Bonchev–Trinajstić information content (AvgIpc) is 2.05. The highest BCUT2D eigenvalue weighted by Gasteiger charge is 1.99. The SMILES string of the molecule is NCCN(N)c1cccc(O)c1. The van der Waals surface area contributed by atoms with E-state index in [1.54, 1.807) is 18.2 Å². The van der Waals surface area contributed by atoms with Gasteiger partial charge < -0.3 is 15.8 Å². The Morgan fingerprint density at radius 1 is 1.42 bits per heavy atom. The summed E-state index contributed by atoms with van der Waals surface area (Å²) < 4.78 is 0. The van der Waals surface area contributed by atoms with Crippen LogP contribution in [0.5, 0.6) is 5.75 Å². The Balaban J connectivity index is 2.73. The van der Waals surface area contributed by atoms with Gasteiger partial charge in [-0.15, -0.1) is 0 Å². The molecule has 0 saturated carbocycles. The molecule has 0 atom stereocenters. The molecule has 0 bridgehead atoms. The predicted octanol–water partition coefficient (Wildman–Crippen LogP) is 0.0310. The van der Waals surface area contributed by atoms with Crippen LogP contribution in [0.15, 0.2) is 24.3 Å². The second-order valence-electron chi connectivity index (χ2n) is 2.50. The van der Waals surface area contributed by atoms with Crippen molar-refractivity contribution < 1.29 is 5.11 Å². The number of benzene rings is 1. The second-order valence-corrected chi connectivity index (χ2v) is 2.50. The summed E-state index contributed by atoms with van der Waals surface area (Å²) in [5.41, 5.74) is 6.08. The lowest BCUT2D eigenvalue weighted by molar-refractivity contribution is 0.475. The number of hydrazine groups is 1. The minimum atomic E-state index is 0.208. The molecule has 0 fully saturated rings. The molecule has 1 rings (SSSR count). The van der Waals surface area contributed by atoms with Gasteiger partial charge in [0.1, 0.15) is 5.75 Å². The molecular formula is C8H13N3O. The van der Waals surface area contributed by atoms with E-state index in [0.29, 0.717) is 13.1 Å². The Morgan fingerprint density at radius 3 is 2.75 bits per heavy atom. The van der Waals surface area contributed by atoms with Gasteiger partial charge in [0.25, 0.3) is 0 Å². The first-order chi connectivity index (χ1) is 5.74. The number of phenolic OH excluding ortho intramolecular Hbond substituents is 1. The number of hydrogen-bond donors (Lipinski definition) is 3. The van der Waals surface area contributed by atoms with Crippen LogP contribution in [0.2, 0.25) is 0 Å². The number of rotatable bonds is 3. The van der Waals surface area contributed by atoms with E-state index >= 15 is 0 Å². The van der Waals surface area contributed by atoms with Crippen LogP contribution in [0.25, 0.3) is 0 Å². The molecule has 0 amide bonds. The van der Waals surface area contributed by atoms with Crippen molar-refractivity contribution in [1.29, 1.82) is 0 Å². The first-order valence-corrected chi connectivity index (χ1v) is 3.75. The number of anilines is 1. The van der Waals surface area contributed by atoms with Gasteiger partial charge in [0.05, 0.1) is 5.69 Å². The monoisotopic (exact) mass is 167 g/mol. The van der Waals surface area contributed by atoms with Crippen LogP contribution in [-0.2, 0) is 0 Å². The first kappa shape index (κ1) is 8.83. The van der Waals surface area contributed by atoms with Gasteiger partial charge >= 0.3 is 0 Å². The van der Waals surface area contributed by atoms with E-state index in [2.05, 4.69) is 0 Å². The van der Waals surface area contributed by atoms with Gasteiger partial charge in [0, 0.05) is 19.2 Å². The van der Waals surface area contributed by atoms with E-state index < -0.39 is 0 Å². The summed E-state index contributed by atoms with van der Waals surface area (Å²) in [5.74, 6) is 5.82. The van der Waals surface area contributed by atoms with Crippen LogP contribution in [0.1, 0.15) is 0 Å². The van der Waals surface area contributed by atoms with Gasteiger partial charge in [-0.1, -0.05) is 6.07 Å². The van der Waals surface area contributed by atoms with Crippen molar-refractivity contribution in [3.8, 4) is 5.75 Å². The maximum absolute atomic E-state index is 9.12. The number of aromatic hydroxyl groups is 1. The zero-order chi connectivity index (χ0) is 8.97. The van der Waals surface area contributed by atoms with E-state index in [1.807, 2.05) is 6.07 Å². The van der Waals surface area contributed by atoms with Gasteiger partial charge in [0.2, 0.25) is 0 Å². The van der Waals surface area contributed by atoms with Gasteiger partial charge in [-0.25, -0.2) is 5.84 Å². The van der Waals surface area contributed by atoms with Crippen molar-refractivity contribution in [2.24, 2.45) is 11.6 Å².